The Balaban J connectivity index is 1.86. The highest BCUT2D eigenvalue weighted by Crippen LogP contribution is 2.42. The van der Waals surface area contributed by atoms with Gasteiger partial charge in [0.1, 0.15) is 5.01 Å². The standard InChI is InChI=1S/C18H32N2S/c1-14(2)10-18(8-6-7-9-18)13-19-11-16-20-15(12-21-16)17(3,4)5/h12,14,19H,6-11,13H2,1-5H3. The van der Waals surface area contributed by atoms with Gasteiger partial charge in [-0.05, 0) is 30.6 Å². The topological polar surface area (TPSA) is 24.9 Å². The number of thiazole rings is 1. The number of hydrogen-bond acceptors (Lipinski definition) is 3. The van der Waals surface area contributed by atoms with Crippen LogP contribution in [0.1, 0.15) is 77.4 Å². The molecule has 1 heterocycles. The molecule has 0 aromatic carbocycles. The molecule has 1 saturated carbocycles. The normalized spacial score (nSPS) is 18.6. The van der Waals surface area contributed by atoms with Gasteiger partial charge in [-0.15, -0.1) is 11.3 Å². The van der Waals surface area contributed by atoms with Crippen molar-refractivity contribution in [3.63, 3.8) is 0 Å². The third kappa shape index (κ3) is 4.79. The Labute approximate surface area is 134 Å². The molecule has 0 bridgehead atoms. The number of nitrogens with one attached hydrogen (secondary N) is 1. The van der Waals surface area contributed by atoms with Gasteiger partial charge >= 0.3 is 0 Å². The van der Waals surface area contributed by atoms with Gasteiger partial charge in [0.25, 0.3) is 0 Å². The first kappa shape index (κ1) is 17.0. The maximum Gasteiger partial charge on any atom is 0.107 e. The van der Waals surface area contributed by atoms with E-state index in [0.717, 1.165) is 19.0 Å². The predicted molar refractivity (Wildman–Crippen MR) is 92.9 cm³/mol. The minimum Gasteiger partial charge on any atom is -0.310 e. The molecule has 1 fully saturated rings. The quantitative estimate of drug-likeness (QED) is 0.787. The summed E-state index contributed by atoms with van der Waals surface area (Å²) in [6.07, 6.45) is 7.01. The zero-order chi connectivity index (χ0) is 15.5. The van der Waals surface area contributed by atoms with Crippen molar-refractivity contribution in [3.8, 4) is 0 Å². The fourth-order valence-electron chi connectivity index (χ4n) is 3.62. The van der Waals surface area contributed by atoms with E-state index in [1.165, 1.54) is 42.8 Å². The molecule has 1 N–H and O–H groups in total. The van der Waals surface area contributed by atoms with E-state index in [4.69, 9.17) is 4.98 Å². The van der Waals surface area contributed by atoms with Crippen molar-refractivity contribution in [2.45, 2.75) is 78.7 Å². The molecule has 1 aromatic rings. The lowest BCUT2D eigenvalue weighted by atomic mass is 9.78. The lowest BCUT2D eigenvalue weighted by molar-refractivity contribution is 0.223. The third-order valence-corrected chi connectivity index (χ3v) is 5.45. The minimum absolute atomic E-state index is 0.166. The number of aromatic nitrogens is 1. The molecular formula is C18H32N2S. The van der Waals surface area contributed by atoms with E-state index >= 15 is 0 Å². The second kappa shape index (κ2) is 6.78. The van der Waals surface area contributed by atoms with Crippen LogP contribution in [0.4, 0.5) is 0 Å². The van der Waals surface area contributed by atoms with Crippen LogP contribution in [0, 0.1) is 11.3 Å². The zero-order valence-corrected chi connectivity index (χ0v) is 15.3. The van der Waals surface area contributed by atoms with Crippen LogP contribution in [-0.4, -0.2) is 11.5 Å². The van der Waals surface area contributed by atoms with E-state index in [2.05, 4.69) is 45.3 Å². The molecule has 1 aliphatic rings. The van der Waals surface area contributed by atoms with Crippen molar-refractivity contribution < 1.29 is 0 Å². The number of nitrogens with zero attached hydrogens (tertiary/aromatic N) is 1. The molecule has 0 atom stereocenters. The molecule has 0 saturated heterocycles. The SMILES string of the molecule is CC(C)CC1(CNCc2nc(C(C)(C)C)cs2)CCCC1. The highest BCUT2D eigenvalue weighted by atomic mass is 32.1. The summed E-state index contributed by atoms with van der Waals surface area (Å²) in [5.74, 6) is 0.803. The van der Waals surface area contributed by atoms with Crippen LogP contribution in [0.15, 0.2) is 5.38 Å². The second-order valence-corrected chi connectivity index (χ2v) is 9.23. The maximum absolute atomic E-state index is 4.79. The molecule has 3 heteroatoms. The summed E-state index contributed by atoms with van der Waals surface area (Å²) in [4.78, 5) is 4.79. The van der Waals surface area contributed by atoms with Crippen LogP contribution in [0.25, 0.3) is 0 Å². The van der Waals surface area contributed by atoms with Crippen molar-refractivity contribution in [2.24, 2.45) is 11.3 Å². The van der Waals surface area contributed by atoms with Gasteiger partial charge < -0.3 is 5.32 Å². The lowest BCUT2D eigenvalue weighted by Crippen LogP contribution is -2.33. The van der Waals surface area contributed by atoms with Gasteiger partial charge in [-0.2, -0.15) is 0 Å². The lowest BCUT2D eigenvalue weighted by Gasteiger charge is -2.31. The number of hydrogen-bond donors (Lipinski definition) is 1. The largest absolute Gasteiger partial charge is 0.310 e. The number of rotatable bonds is 6. The zero-order valence-electron chi connectivity index (χ0n) is 14.5. The van der Waals surface area contributed by atoms with E-state index < -0.39 is 0 Å². The summed E-state index contributed by atoms with van der Waals surface area (Å²) in [5.41, 5.74) is 1.94. The predicted octanol–water partition coefficient (Wildman–Crippen LogP) is 5.14. The molecule has 1 aromatic heterocycles. The minimum atomic E-state index is 0.166. The smallest absolute Gasteiger partial charge is 0.107 e. The Morgan fingerprint density at radius 3 is 2.48 bits per heavy atom. The molecule has 2 rings (SSSR count). The van der Waals surface area contributed by atoms with Crippen LogP contribution < -0.4 is 5.32 Å². The Morgan fingerprint density at radius 2 is 1.95 bits per heavy atom. The van der Waals surface area contributed by atoms with Crippen molar-refractivity contribution >= 4 is 11.3 Å². The van der Waals surface area contributed by atoms with E-state index in [9.17, 15) is 0 Å². The third-order valence-electron chi connectivity index (χ3n) is 4.60. The van der Waals surface area contributed by atoms with Gasteiger partial charge in [-0.3, -0.25) is 0 Å². The highest BCUT2D eigenvalue weighted by Gasteiger charge is 2.33. The van der Waals surface area contributed by atoms with Gasteiger partial charge in [-0.25, -0.2) is 4.98 Å². The Kier molecular flexibility index (Phi) is 5.48. The Hall–Kier alpha value is -0.410. The summed E-state index contributed by atoms with van der Waals surface area (Å²) in [5, 5.41) is 7.16. The first-order valence-corrected chi connectivity index (χ1v) is 9.34. The van der Waals surface area contributed by atoms with Gasteiger partial charge in [0.05, 0.1) is 5.69 Å². The molecule has 1 aliphatic carbocycles. The van der Waals surface area contributed by atoms with Crippen LogP contribution >= 0.6 is 11.3 Å². The van der Waals surface area contributed by atoms with Crippen LogP contribution in [0.2, 0.25) is 0 Å². The summed E-state index contributed by atoms with van der Waals surface area (Å²) < 4.78 is 0. The van der Waals surface area contributed by atoms with Crippen LogP contribution in [-0.2, 0) is 12.0 Å². The fourth-order valence-corrected chi connectivity index (χ4v) is 4.61. The first-order valence-electron chi connectivity index (χ1n) is 8.46. The van der Waals surface area contributed by atoms with E-state index in [-0.39, 0.29) is 5.41 Å². The van der Waals surface area contributed by atoms with E-state index in [0.29, 0.717) is 5.41 Å². The molecule has 0 amide bonds. The van der Waals surface area contributed by atoms with Crippen LogP contribution in [0.5, 0.6) is 0 Å². The molecule has 0 unspecified atom stereocenters. The summed E-state index contributed by atoms with van der Waals surface area (Å²) in [6, 6.07) is 0. The van der Waals surface area contributed by atoms with Gasteiger partial charge in [-0.1, -0.05) is 47.5 Å². The summed E-state index contributed by atoms with van der Waals surface area (Å²) in [6.45, 7) is 13.5. The molecular weight excluding hydrogens is 276 g/mol. The summed E-state index contributed by atoms with van der Waals surface area (Å²) >= 11 is 1.80. The molecule has 0 radical (unpaired) electrons. The highest BCUT2D eigenvalue weighted by molar-refractivity contribution is 7.09. The molecule has 0 aliphatic heterocycles. The Bertz CT molecular complexity index is 436. The molecule has 120 valence electrons. The van der Waals surface area contributed by atoms with Crippen molar-refractivity contribution in [1.29, 1.82) is 0 Å². The average Bonchev–Trinajstić information content (AvgIpc) is 2.97. The second-order valence-electron chi connectivity index (χ2n) is 8.29. The van der Waals surface area contributed by atoms with E-state index in [1.54, 1.807) is 11.3 Å². The van der Waals surface area contributed by atoms with Crippen molar-refractivity contribution in [2.75, 3.05) is 6.54 Å². The molecule has 2 nitrogen and oxygen atoms in total. The van der Waals surface area contributed by atoms with Crippen LogP contribution in [0.3, 0.4) is 0 Å². The fraction of sp³-hybridized carbons (Fsp3) is 0.833. The average molecular weight is 309 g/mol. The first-order chi connectivity index (χ1) is 9.81. The van der Waals surface area contributed by atoms with Gasteiger partial charge in [0.2, 0.25) is 0 Å². The summed E-state index contributed by atoms with van der Waals surface area (Å²) in [7, 11) is 0. The van der Waals surface area contributed by atoms with Gasteiger partial charge in [0.15, 0.2) is 0 Å². The molecule has 0 spiro atoms. The Morgan fingerprint density at radius 1 is 1.29 bits per heavy atom. The maximum atomic E-state index is 4.79. The van der Waals surface area contributed by atoms with Gasteiger partial charge in [0, 0.05) is 23.9 Å². The molecule has 21 heavy (non-hydrogen) atoms. The van der Waals surface area contributed by atoms with E-state index in [1.807, 2.05) is 0 Å². The van der Waals surface area contributed by atoms with Crippen molar-refractivity contribution in [3.05, 3.63) is 16.1 Å². The monoisotopic (exact) mass is 308 g/mol. The van der Waals surface area contributed by atoms with Crippen molar-refractivity contribution in [1.82, 2.24) is 10.3 Å².